The lowest BCUT2D eigenvalue weighted by Crippen LogP contribution is -1.70. The molecule has 1 heteroatoms. The standard InChI is InChI=1S/C11H12.C5H11Cl/c1-2-3-5-8-11-9-6-4-7-10-11;1-2-3-4-5-6/h2-10H,1H3;2-5H2,1H3. The summed E-state index contributed by atoms with van der Waals surface area (Å²) >= 11 is 5.38. The lowest BCUT2D eigenvalue weighted by molar-refractivity contribution is 0.776. The number of benzene rings is 1. The van der Waals surface area contributed by atoms with Crippen molar-refractivity contribution in [3.8, 4) is 0 Å². The molecule has 94 valence electrons. The molecular weight excluding hydrogens is 228 g/mol. The van der Waals surface area contributed by atoms with Crippen molar-refractivity contribution < 1.29 is 0 Å². The molecule has 0 heterocycles. The molecule has 0 aliphatic heterocycles. The van der Waals surface area contributed by atoms with Gasteiger partial charge in [0.2, 0.25) is 0 Å². The number of allylic oxidation sites excluding steroid dienone is 3. The van der Waals surface area contributed by atoms with Crippen LogP contribution in [0, 0.1) is 0 Å². The second-order valence-electron chi connectivity index (χ2n) is 3.69. The van der Waals surface area contributed by atoms with Gasteiger partial charge in [0.25, 0.3) is 0 Å². The molecule has 0 fully saturated rings. The fourth-order valence-electron chi connectivity index (χ4n) is 1.19. The first-order valence-corrected chi connectivity index (χ1v) is 6.79. The van der Waals surface area contributed by atoms with E-state index in [1.807, 2.05) is 43.4 Å². The van der Waals surface area contributed by atoms with Crippen LogP contribution >= 0.6 is 11.6 Å². The Labute approximate surface area is 111 Å². The zero-order valence-electron chi connectivity index (χ0n) is 10.9. The van der Waals surface area contributed by atoms with E-state index in [1.54, 1.807) is 0 Å². The van der Waals surface area contributed by atoms with E-state index in [-0.39, 0.29) is 0 Å². The average molecular weight is 251 g/mol. The van der Waals surface area contributed by atoms with Gasteiger partial charge in [0, 0.05) is 5.88 Å². The van der Waals surface area contributed by atoms with Gasteiger partial charge in [-0.15, -0.1) is 11.6 Å². The van der Waals surface area contributed by atoms with E-state index in [0.717, 1.165) is 5.88 Å². The van der Waals surface area contributed by atoms with Crippen molar-refractivity contribution in [2.45, 2.75) is 33.1 Å². The lowest BCUT2D eigenvalue weighted by Gasteiger charge is -1.87. The van der Waals surface area contributed by atoms with Gasteiger partial charge in [0.05, 0.1) is 0 Å². The largest absolute Gasteiger partial charge is 0.127 e. The van der Waals surface area contributed by atoms with E-state index < -0.39 is 0 Å². The Balaban J connectivity index is 0.000000366. The van der Waals surface area contributed by atoms with Crippen molar-refractivity contribution in [3.63, 3.8) is 0 Å². The third-order valence-corrected chi connectivity index (χ3v) is 2.40. The van der Waals surface area contributed by atoms with Gasteiger partial charge in [-0.3, -0.25) is 0 Å². The second kappa shape index (κ2) is 13.1. The maximum Gasteiger partial charge on any atom is 0.0223 e. The predicted octanol–water partition coefficient (Wildman–Crippen LogP) is 5.69. The van der Waals surface area contributed by atoms with E-state index in [2.05, 4.69) is 25.1 Å². The highest BCUT2D eigenvalue weighted by Crippen LogP contribution is 2.00. The Bertz CT molecular complexity index is 295. The molecule has 1 aromatic rings. The topological polar surface area (TPSA) is 0 Å². The van der Waals surface area contributed by atoms with E-state index in [9.17, 15) is 0 Å². The Morgan fingerprint density at radius 3 is 2.24 bits per heavy atom. The Morgan fingerprint density at radius 1 is 1.06 bits per heavy atom. The Hall–Kier alpha value is -1.01. The molecule has 1 aromatic carbocycles. The molecule has 0 bridgehead atoms. The molecule has 0 spiro atoms. The van der Waals surface area contributed by atoms with Gasteiger partial charge >= 0.3 is 0 Å². The Kier molecular flexibility index (Phi) is 12.3. The van der Waals surface area contributed by atoms with Gasteiger partial charge in [-0.05, 0) is 18.9 Å². The summed E-state index contributed by atoms with van der Waals surface area (Å²) in [6.45, 7) is 4.18. The second-order valence-corrected chi connectivity index (χ2v) is 4.07. The SMILES string of the molecule is CC=CC=Cc1ccccc1.CCCCCCl. The van der Waals surface area contributed by atoms with Crippen molar-refractivity contribution in [2.75, 3.05) is 5.88 Å². The van der Waals surface area contributed by atoms with E-state index in [0.29, 0.717) is 0 Å². The van der Waals surface area contributed by atoms with Crippen LogP contribution < -0.4 is 0 Å². The van der Waals surface area contributed by atoms with Gasteiger partial charge in [-0.2, -0.15) is 0 Å². The lowest BCUT2D eigenvalue weighted by atomic mass is 10.2. The summed E-state index contributed by atoms with van der Waals surface area (Å²) in [4.78, 5) is 0. The Morgan fingerprint density at radius 2 is 1.76 bits per heavy atom. The normalized spacial score (nSPS) is 10.5. The van der Waals surface area contributed by atoms with Crippen LogP contribution in [0.5, 0.6) is 0 Å². The van der Waals surface area contributed by atoms with Crippen LogP contribution in [0.4, 0.5) is 0 Å². The quantitative estimate of drug-likeness (QED) is 0.358. The fraction of sp³-hybridized carbons (Fsp3) is 0.375. The highest BCUT2D eigenvalue weighted by atomic mass is 35.5. The van der Waals surface area contributed by atoms with Crippen molar-refractivity contribution in [1.29, 1.82) is 0 Å². The van der Waals surface area contributed by atoms with Crippen molar-refractivity contribution in [3.05, 3.63) is 54.1 Å². The molecule has 0 aliphatic rings. The van der Waals surface area contributed by atoms with E-state index in [4.69, 9.17) is 11.6 Å². The molecule has 0 saturated carbocycles. The molecule has 0 aromatic heterocycles. The smallest absolute Gasteiger partial charge is 0.0223 e. The summed E-state index contributed by atoms with van der Waals surface area (Å²) in [5, 5.41) is 0. The number of unbranched alkanes of at least 4 members (excludes halogenated alkanes) is 2. The van der Waals surface area contributed by atoms with Crippen LogP contribution in [0.1, 0.15) is 38.7 Å². The summed E-state index contributed by atoms with van der Waals surface area (Å²) in [5.74, 6) is 0.827. The third-order valence-electron chi connectivity index (χ3n) is 2.13. The average Bonchev–Trinajstić information content (AvgIpc) is 2.39. The molecular formula is C16H23Cl. The van der Waals surface area contributed by atoms with Gasteiger partial charge in [-0.25, -0.2) is 0 Å². The van der Waals surface area contributed by atoms with Gasteiger partial charge in [0.15, 0.2) is 0 Å². The fourth-order valence-corrected chi connectivity index (χ4v) is 1.38. The van der Waals surface area contributed by atoms with Crippen LogP contribution in [-0.2, 0) is 0 Å². The molecule has 17 heavy (non-hydrogen) atoms. The molecule has 0 saturated heterocycles. The number of hydrogen-bond acceptors (Lipinski definition) is 0. The highest BCUT2D eigenvalue weighted by molar-refractivity contribution is 6.17. The minimum Gasteiger partial charge on any atom is -0.127 e. The summed E-state index contributed by atoms with van der Waals surface area (Å²) in [6, 6.07) is 10.3. The minimum absolute atomic E-state index is 0.827. The van der Waals surface area contributed by atoms with Gasteiger partial charge in [-0.1, -0.05) is 74.4 Å². The molecule has 0 atom stereocenters. The summed E-state index contributed by atoms with van der Waals surface area (Å²) in [6.07, 6.45) is 11.9. The molecule has 0 N–H and O–H groups in total. The van der Waals surface area contributed by atoms with E-state index in [1.165, 1.54) is 24.8 Å². The monoisotopic (exact) mass is 250 g/mol. The predicted molar refractivity (Wildman–Crippen MR) is 80.5 cm³/mol. The van der Waals surface area contributed by atoms with E-state index >= 15 is 0 Å². The number of rotatable bonds is 5. The first-order chi connectivity index (χ1) is 8.35. The molecule has 0 radical (unpaired) electrons. The van der Waals surface area contributed by atoms with Crippen LogP contribution in [0.15, 0.2) is 48.6 Å². The third kappa shape index (κ3) is 11.3. The number of halogens is 1. The zero-order valence-corrected chi connectivity index (χ0v) is 11.7. The number of alkyl halides is 1. The van der Waals surface area contributed by atoms with Gasteiger partial charge in [0.1, 0.15) is 0 Å². The molecule has 1 rings (SSSR count). The minimum atomic E-state index is 0.827. The van der Waals surface area contributed by atoms with Crippen molar-refractivity contribution in [2.24, 2.45) is 0 Å². The van der Waals surface area contributed by atoms with Crippen molar-refractivity contribution >= 4 is 17.7 Å². The van der Waals surface area contributed by atoms with Crippen LogP contribution in [0.25, 0.3) is 6.08 Å². The summed E-state index contributed by atoms with van der Waals surface area (Å²) in [5.41, 5.74) is 1.24. The van der Waals surface area contributed by atoms with Crippen LogP contribution in [0.2, 0.25) is 0 Å². The molecule has 0 unspecified atom stereocenters. The molecule has 0 amide bonds. The first-order valence-electron chi connectivity index (χ1n) is 6.25. The first kappa shape index (κ1) is 16.0. The summed E-state index contributed by atoms with van der Waals surface area (Å²) < 4.78 is 0. The van der Waals surface area contributed by atoms with Crippen molar-refractivity contribution in [1.82, 2.24) is 0 Å². The van der Waals surface area contributed by atoms with Gasteiger partial charge < -0.3 is 0 Å². The van der Waals surface area contributed by atoms with Crippen LogP contribution in [-0.4, -0.2) is 5.88 Å². The zero-order chi connectivity index (χ0) is 12.8. The highest BCUT2D eigenvalue weighted by Gasteiger charge is 1.78. The number of hydrogen-bond donors (Lipinski definition) is 0. The summed E-state index contributed by atoms with van der Waals surface area (Å²) in [7, 11) is 0. The maximum atomic E-state index is 5.38. The van der Waals surface area contributed by atoms with Crippen LogP contribution in [0.3, 0.4) is 0 Å². The maximum absolute atomic E-state index is 5.38. The molecule has 0 nitrogen and oxygen atoms in total. The molecule has 0 aliphatic carbocycles.